The first-order valence-corrected chi connectivity index (χ1v) is 5.97. The third-order valence-electron chi connectivity index (χ3n) is 2.90. The largest absolute Gasteiger partial charge is 0.426 e. The van der Waals surface area contributed by atoms with Crippen LogP contribution in [0.4, 0.5) is 0 Å². The van der Waals surface area contributed by atoms with Crippen LogP contribution in [0.25, 0.3) is 22.4 Å². The lowest BCUT2D eigenvalue weighted by Crippen LogP contribution is -1.93. The van der Waals surface area contributed by atoms with E-state index in [4.69, 9.17) is 11.6 Å². The summed E-state index contributed by atoms with van der Waals surface area (Å²) in [5, 5.41) is 10.7. The molecule has 0 saturated carbocycles. The molecule has 0 bridgehead atoms. The van der Waals surface area contributed by atoms with Crippen LogP contribution in [0.1, 0.15) is 5.56 Å². The number of aromatic nitrogens is 2. The number of aryl methyl sites for hydroxylation is 1. The van der Waals surface area contributed by atoms with Gasteiger partial charge in [-0.2, -0.15) is 4.73 Å². The normalized spacial score (nSPS) is 11.0. The molecule has 0 fully saturated rings. The molecule has 1 aromatic heterocycles. The Kier molecular flexibility index (Phi) is 2.49. The average Bonchev–Trinajstić information content (AvgIpc) is 2.68. The highest BCUT2D eigenvalue weighted by molar-refractivity contribution is 6.31. The predicted molar refractivity (Wildman–Crippen MR) is 72.1 cm³/mol. The zero-order valence-electron chi connectivity index (χ0n) is 9.76. The van der Waals surface area contributed by atoms with Crippen LogP contribution in [0.2, 0.25) is 5.02 Å². The standard InChI is InChI=1S/C14H11ClN2O/c1-9-2-4-10(5-3-9)14-16-12-7-6-11(15)8-13(12)17(14)18/h2-8,18H,1H3. The molecule has 2 aromatic carbocycles. The minimum Gasteiger partial charge on any atom is -0.426 e. The zero-order valence-corrected chi connectivity index (χ0v) is 10.5. The van der Waals surface area contributed by atoms with Crippen molar-refractivity contribution in [2.24, 2.45) is 0 Å². The first-order valence-electron chi connectivity index (χ1n) is 5.59. The van der Waals surface area contributed by atoms with Crippen LogP contribution >= 0.6 is 11.6 Å². The van der Waals surface area contributed by atoms with Gasteiger partial charge < -0.3 is 5.21 Å². The first kappa shape index (κ1) is 11.1. The molecule has 0 aliphatic carbocycles. The maximum absolute atomic E-state index is 10.1. The number of rotatable bonds is 1. The minimum atomic E-state index is 0.521. The SMILES string of the molecule is Cc1ccc(-c2nc3ccc(Cl)cc3n2O)cc1. The highest BCUT2D eigenvalue weighted by Crippen LogP contribution is 2.25. The van der Waals surface area contributed by atoms with Crippen molar-refractivity contribution in [1.82, 2.24) is 9.71 Å². The van der Waals surface area contributed by atoms with Crippen LogP contribution in [0.3, 0.4) is 0 Å². The number of hydrogen-bond acceptors (Lipinski definition) is 2. The van der Waals surface area contributed by atoms with Crippen molar-refractivity contribution in [3.8, 4) is 11.4 Å². The molecule has 1 N–H and O–H groups in total. The molecule has 0 aliphatic heterocycles. The van der Waals surface area contributed by atoms with Crippen LogP contribution < -0.4 is 0 Å². The molecule has 4 heteroatoms. The third-order valence-corrected chi connectivity index (χ3v) is 3.14. The van der Waals surface area contributed by atoms with Crippen LogP contribution in [0.15, 0.2) is 42.5 Å². The summed E-state index contributed by atoms with van der Waals surface area (Å²) in [7, 11) is 0. The van der Waals surface area contributed by atoms with E-state index in [1.54, 1.807) is 18.2 Å². The molecule has 0 amide bonds. The Morgan fingerprint density at radius 1 is 1.11 bits per heavy atom. The summed E-state index contributed by atoms with van der Waals surface area (Å²) < 4.78 is 1.08. The smallest absolute Gasteiger partial charge is 0.176 e. The topological polar surface area (TPSA) is 38.0 Å². The van der Waals surface area contributed by atoms with Gasteiger partial charge in [-0.1, -0.05) is 41.4 Å². The van der Waals surface area contributed by atoms with E-state index in [1.165, 1.54) is 5.56 Å². The third kappa shape index (κ3) is 1.73. The fraction of sp³-hybridized carbons (Fsp3) is 0.0714. The fourth-order valence-corrected chi connectivity index (χ4v) is 2.09. The van der Waals surface area contributed by atoms with Gasteiger partial charge in [-0.15, -0.1) is 0 Å². The van der Waals surface area contributed by atoms with Gasteiger partial charge in [0.2, 0.25) is 0 Å². The molecule has 3 rings (SSSR count). The predicted octanol–water partition coefficient (Wildman–Crippen LogP) is 3.90. The molecular formula is C14H11ClN2O. The van der Waals surface area contributed by atoms with Crippen LogP contribution in [-0.4, -0.2) is 14.9 Å². The molecule has 18 heavy (non-hydrogen) atoms. The first-order chi connectivity index (χ1) is 8.65. The molecule has 0 aliphatic rings. The van der Waals surface area contributed by atoms with E-state index >= 15 is 0 Å². The Bertz CT molecular complexity index is 716. The van der Waals surface area contributed by atoms with Gasteiger partial charge in [0.05, 0.1) is 5.52 Å². The summed E-state index contributed by atoms with van der Waals surface area (Å²) in [6.07, 6.45) is 0. The summed E-state index contributed by atoms with van der Waals surface area (Å²) in [6, 6.07) is 13.1. The Morgan fingerprint density at radius 2 is 1.83 bits per heavy atom. The van der Waals surface area contributed by atoms with Crippen molar-refractivity contribution >= 4 is 22.6 Å². The minimum absolute atomic E-state index is 0.521. The maximum atomic E-state index is 10.1. The van der Waals surface area contributed by atoms with Crippen LogP contribution in [0.5, 0.6) is 0 Å². The molecule has 0 atom stereocenters. The van der Waals surface area contributed by atoms with Gasteiger partial charge in [-0.25, -0.2) is 4.98 Å². The maximum Gasteiger partial charge on any atom is 0.176 e. The fourth-order valence-electron chi connectivity index (χ4n) is 1.93. The number of nitrogens with zero attached hydrogens (tertiary/aromatic N) is 2. The highest BCUT2D eigenvalue weighted by Gasteiger charge is 2.11. The Morgan fingerprint density at radius 3 is 2.56 bits per heavy atom. The molecule has 0 unspecified atom stereocenters. The molecule has 0 saturated heterocycles. The van der Waals surface area contributed by atoms with E-state index in [2.05, 4.69) is 4.98 Å². The van der Waals surface area contributed by atoms with Gasteiger partial charge in [0, 0.05) is 10.6 Å². The van der Waals surface area contributed by atoms with Crippen molar-refractivity contribution in [2.45, 2.75) is 6.92 Å². The van der Waals surface area contributed by atoms with Gasteiger partial charge >= 0.3 is 0 Å². The van der Waals surface area contributed by atoms with Gasteiger partial charge in [-0.05, 0) is 25.1 Å². The van der Waals surface area contributed by atoms with E-state index in [0.717, 1.165) is 15.8 Å². The number of hydrogen-bond donors (Lipinski definition) is 1. The van der Waals surface area contributed by atoms with Crippen molar-refractivity contribution < 1.29 is 5.21 Å². The molecular weight excluding hydrogens is 248 g/mol. The average molecular weight is 259 g/mol. The van der Waals surface area contributed by atoms with Crippen molar-refractivity contribution in [2.75, 3.05) is 0 Å². The second-order valence-corrected chi connectivity index (χ2v) is 4.68. The summed E-state index contributed by atoms with van der Waals surface area (Å²) >= 11 is 5.91. The van der Waals surface area contributed by atoms with E-state index in [1.807, 2.05) is 31.2 Å². The number of halogens is 1. The monoisotopic (exact) mass is 258 g/mol. The van der Waals surface area contributed by atoms with Gasteiger partial charge in [0.15, 0.2) is 5.82 Å². The lowest BCUT2D eigenvalue weighted by Gasteiger charge is -2.01. The van der Waals surface area contributed by atoms with E-state index in [0.29, 0.717) is 16.4 Å². The van der Waals surface area contributed by atoms with Crippen LogP contribution in [0, 0.1) is 6.92 Å². The van der Waals surface area contributed by atoms with E-state index in [9.17, 15) is 5.21 Å². The molecule has 0 radical (unpaired) electrons. The Balaban J connectivity index is 2.23. The van der Waals surface area contributed by atoms with Gasteiger partial charge in [-0.3, -0.25) is 0 Å². The summed E-state index contributed by atoms with van der Waals surface area (Å²) in [5.41, 5.74) is 3.37. The second kappa shape index (κ2) is 4.03. The quantitative estimate of drug-likeness (QED) is 0.672. The highest BCUT2D eigenvalue weighted by atomic mass is 35.5. The zero-order chi connectivity index (χ0) is 12.7. The van der Waals surface area contributed by atoms with E-state index < -0.39 is 0 Å². The molecule has 90 valence electrons. The Hall–Kier alpha value is -2.00. The van der Waals surface area contributed by atoms with Crippen molar-refractivity contribution in [1.29, 1.82) is 0 Å². The number of fused-ring (bicyclic) bond motifs is 1. The van der Waals surface area contributed by atoms with E-state index in [-0.39, 0.29) is 0 Å². The number of benzene rings is 2. The van der Waals surface area contributed by atoms with Crippen molar-refractivity contribution in [3.63, 3.8) is 0 Å². The van der Waals surface area contributed by atoms with Crippen LogP contribution in [-0.2, 0) is 0 Å². The lowest BCUT2D eigenvalue weighted by molar-refractivity contribution is 0.203. The number of imidazole rings is 1. The molecule has 0 spiro atoms. The Labute approximate surface area is 109 Å². The molecule has 3 aromatic rings. The lowest BCUT2D eigenvalue weighted by atomic mass is 10.1. The van der Waals surface area contributed by atoms with Crippen molar-refractivity contribution in [3.05, 3.63) is 53.1 Å². The van der Waals surface area contributed by atoms with Gasteiger partial charge in [0.25, 0.3) is 0 Å². The molecule has 3 nitrogen and oxygen atoms in total. The second-order valence-electron chi connectivity index (χ2n) is 4.25. The summed E-state index contributed by atoms with van der Waals surface area (Å²) in [6.45, 7) is 2.02. The summed E-state index contributed by atoms with van der Waals surface area (Å²) in [5.74, 6) is 0.521. The van der Waals surface area contributed by atoms with Gasteiger partial charge in [0.1, 0.15) is 5.52 Å². The molecule has 1 heterocycles. The summed E-state index contributed by atoms with van der Waals surface area (Å²) in [4.78, 5) is 4.41.